The van der Waals surface area contributed by atoms with Gasteiger partial charge in [0.25, 0.3) is 0 Å². The average Bonchev–Trinajstić information content (AvgIpc) is 3.07. The Hall–Kier alpha value is -2.53. The lowest BCUT2D eigenvalue weighted by atomic mass is 9.93. The van der Waals surface area contributed by atoms with Crippen LogP contribution in [0.15, 0.2) is 16.5 Å². The second-order valence-electron chi connectivity index (χ2n) is 5.81. The van der Waals surface area contributed by atoms with Gasteiger partial charge in [-0.25, -0.2) is 19.2 Å². The first-order chi connectivity index (χ1) is 10.4. The molecule has 3 heterocycles. The smallest absolute Gasteiger partial charge is 0.245 e. The van der Waals surface area contributed by atoms with Crippen LogP contribution in [0.1, 0.15) is 26.5 Å². The first kappa shape index (κ1) is 14.4. The Morgan fingerprint density at radius 1 is 1.41 bits per heavy atom. The van der Waals surface area contributed by atoms with Gasteiger partial charge >= 0.3 is 5.69 Å². The van der Waals surface area contributed by atoms with Gasteiger partial charge in [-0.2, -0.15) is 4.68 Å². The second kappa shape index (κ2) is 5.03. The summed E-state index contributed by atoms with van der Waals surface area (Å²) in [5.74, 6) is 2.36. The highest BCUT2D eigenvalue weighted by molar-refractivity contribution is 7.13. The highest BCUT2D eigenvalue weighted by atomic mass is 32.1. The van der Waals surface area contributed by atoms with Crippen molar-refractivity contribution in [3.8, 4) is 23.0 Å². The lowest BCUT2D eigenvalue weighted by Crippen LogP contribution is -2.29. The highest BCUT2D eigenvalue weighted by Gasteiger charge is 2.21. The van der Waals surface area contributed by atoms with Gasteiger partial charge in [-0.1, -0.05) is 31.9 Å². The molecule has 0 atom stereocenters. The summed E-state index contributed by atoms with van der Waals surface area (Å²) >= 11 is 1.47. The molecule has 3 aromatic rings. The summed E-state index contributed by atoms with van der Waals surface area (Å²) in [6.45, 7) is 6.35. The third-order valence-corrected chi connectivity index (χ3v) is 3.98. The fourth-order valence-corrected chi connectivity index (χ4v) is 2.94. The van der Waals surface area contributed by atoms with Crippen LogP contribution in [-0.2, 0) is 12.0 Å². The predicted octanol–water partition coefficient (Wildman–Crippen LogP) is 1.34. The Bertz CT molecular complexity index is 937. The molecule has 0 fully saturated rings. The molecule has 112 valence electrons. The molecule has 0 aliphatic carbocycles. The molecule has 0 unspecified atom stereocenters. The lowest BCUT2D eigenvalue weighted by Gasteiger charge is -2.14. The number of hydrogen-bond donors (Lipinski definition) is 0. The number of nitrogens with zero attached hydrogens (tertiary/aromatic N) is 6. The van der Waals surface area contributed by atoms with E-state index in [0.717, 1.165) is 15.4 Å². The van der Waals surface area contributed by atoms with E-state index < -0.39 is 0 Å². The second-order valence-corrected chi connectivity index (χ2v) is 6.67. The SMILES string of the molecule is C#CCn1nnc2c(-c3nc(C(C)(C)C)cs3)ncn2c1=O. The maximum atomic E-state index is 12.2. The van der Waals surface area contributed by atoms with Gasteiger partial charge in [0, 0.05) is 10.8 Å². The molecule has 0 radical (unpaired) electrons. The molecule has 0 aliphatic heterocycles. The Labute approximate surface area is 130 Å². The maximum Gasteiger partial charge on any atom is 0.353 e. The molecular formula is C14H14N6OS. The van der Waals surface area contributed by atoms with Gasteiger partial charge in [0.2, 0.25) is 0 Å². The van der Waals surface area contributed by atoms with Crippen molar-refractivity contribution in [1.82, 2.24) is 29.4 Å². The third kappa shape index (κ3) is 2.29. The van der Waals surface area contributed by atoms with E-state index in [0.29, 0.717) is 11.3 Å². The zero-order valence-electron chi connectivity index (χ0n) is 12.4. The van der Waals surface area contributed by atoms with E-state index in [4.69, 9.17) is 6.42 Å². The number of aromatic nitrogens is 6. The van der Waals surface area contributed by atoms with Crippen LogP contribution in [0.5, 0.6) is 0 Å². The zero-order valence-corrected chi connectivity index (χ0v) is 13.3. The van der Waals surface area contributed by atoms with Crippen molar-refractivity contribution in [2.45, 2.75) is 32.7 Å². The number of rotatable bonds is 2. The van der Waals surface area contributed by atoms with Gasteiger partial charge in [-0.05, 0) is 0 Å². The topological polar surface area (TPSA) is 78.0 Å². The van der Waals surface area contributed by atoms with Crippen LogP contribution in [0.3, 0.4) is 0 Å². The Morgan fingerprint density at radius 3 is 2.82 bits per heavy atom. The molecule has 0 aliphatic rings. The lowest BCUT2D eigenvalue weighted by molar-refractivity contribution is 0.573. The van der Waals surface area contributed by atoms with Crippen LogP contribution in [0.2, 0.25) is 0 Å². The summed E-state index contributed by atoms with van der Waals surface area (Å²) in [5.41, 5.74) is 1.50. The van der Waals surface area contributed by atoms with Crippen molar-refractivity contribution < 1.29 is 0 Å². The minimum atomic E-state index is -0.366. The number of imidazole rings is 1. The van der Waals surface area contributed by atoms with Crippen LogP contribution >= 0.6 is 11.3 Å². The molecule has 0 spiro atoms. The van der Waals surface area contributed by atoms with Gasteiger partial charge in [0.05, 0.1) is 5.69 Å². The molecule has 0 saturated carbocycles. The van der Waals surface area contributed by atoms with E-state index in [2.05, 4.69) is 47.0 Å². The normalized spacial score (nSPS) is 11.7. The minimum Gasteiger partial charge on any atom is -0.245 e. The summed E-state index contributed by atoms with van der Waals surface area (Å²) in [5, 5.41) is 10.6. The molecule has 0 N–H and O–H groups in total. The van der Waals surface area contributed by atoms with Crippen LogP contribution < -0.4 is 5.69 Å². The summed E-state index contributed by atoms with van der Waals surface area (Å²) in [6, 6.07) is 0. The maximum absolute atomic E-state index is 12.2. The van der Waals surface area contributed by atoms with Gasteiger partial charge in [0.15, 0.2) is 5.65 Å². The number of terminal acetylenes is 1. The van der Waals surface area contributed by atoms with Crippen molar-refractivity contribution >= 4 is 17.0 Å². The Morgan fingerprint density at radius 2 is 2.18 bits per heavy atom. The fraction of sp³-hybridized carbons (Fsp3) is 0.357. The molecular weight excluding hydrogens is 300 g/mol. The Kier molecular flexibility index (Phi) is 3.30. The fourth-order valence-electron chi connectivity index (χ4n) is 1.90. The first-order valence-electron chi connectivity index (χ1n) is 6.62. The van der Waals surface area contributed by atoms with E-state index in [1.165, 1.54) is 22.1 Å². The number of hydrogen-bond acceptors (Lipinski definition) is 6. The van der Waals surface area contributed by atoms with Gasteiger partial charge in [-0.15, -0.1) is 22.9 Å². The third-order valence-electron chi connectivity index (χ3n) is 3.13. The van der Waals surface area contributed by atoms with Crippen molar-refractivity contribution in [3.63, 3.8) is 0 Å². The van der Waals surface area contributed by atoms with E-state index in [1.54, 1.807) is 0 Å². The van der Waals surface area contributed by atoms with Crippen LogP contribution in [-0.4, -0.2) is 29.4 Å². The van der Waals surface area contributed by atoms with Gasteiger partial charge in [0.1, 0.15) is 23.6 Å². The van der Waals surface area contributed by atoms with E-state index >= 15 is 0 Å². The largest absolute Gasteiger partial charge is 0.353 e. The summed E-state index contributed by atoms with van der Waals surface area (Å²) < 4.78 is 2.44. The minimum absolute atomic E-state index is 0.0462. The standard InChI is InChI=1S/C14H14N6OS/c1-5-6-20-13(21)19-8-15-10(11(19)17-18-20)12-16-9(7-22-12)14(2,3)4/h1,7-8H,6H2,2-4H3. The van der Waals surface area contributed by atoms with Crippen molar-refractivity contribution in [2.75, 3.05) is 0 Å². The quantitative estimate of drug-likeness (QED) is 0.667. The molecule has 0 aromatic carbocycles. The van der Waals surface area contributed by atoms with Crippen molar-refractivity contribution in [3.05, 3.63) is 27.9 Å². The summed E-state index contributed by atoms with van der Waals surface area (Å²) in [4.78, 5) is 21.1. The molecule has 22 heavy (non-hydrogen) atoms. The highest BCUT2D eigenvalue weighted by Crippen LogP contribution is 2.30. The molecule has 3 aromatic heterocycles. The van der Waals surface area contributed by atoms with E-state index in [1.807, 2.05) is 5.38 Å². The molecule has 0 amide bonds. The monoisotopic (exact) mass is 314 g/mol. The molecule has 3 rings (SSSR count). The summed E-state index contributed by atoms with van der Waals surface area (Å²) in [7, 11) is 0. The predicted molar refractivity (Wildman–Crippen MR) is 83.7 cm³/mol. The van der Waals surface area contributed by atoms with E-state index in [-0.39, 0.29) is 17.6 Å². The molecule has 7 nitrogen and oxygen atoms in total. The molecule has 0 bridgehead atoms. The molecule has 0 saturated heterocycles. The van der Waals surface area contributed by atoms with Gasteiger partial charge < -0.3 is 0 Å². The van der Waals surface area contributed by atoms with Crippen LogP contribution in [0.4, 0.5) is 0 Å². The zero-order chi connectivity index (χ0) is 15.9. The van der Waals surface area contributed by atoms with E-state index in [9.17, 15) is 4.79 Å². The van der Waals surface area contributed by atoms with Crippen LogP contribution in [0.25, 0.3) is 16.3 Å². The number of fused-ring (bicyclic) bond motifs is 1. The van der Waals surface area contributed by atoms with Gasteiger partial charge in [-0.3, -0.25) is 0 Å². The average molecular weight is 314 g/mol. The van der Waals surface area contributed by atoms with Crippen molar-refractivity contribution in [1.29, 1.82) is 0 Å². The molecule has 8 heteroatoms. The number of thiazole rings is 1. The Balaban J connectivity index is 2.14. The van der Waals surface area contributed by atoms with Crippen LogP contribution in [0, 0.1) is 12.3 Å². The van der Waals surface area contributed by atoms with Crippen molar-refractivity contribution in [2.24, 2.45) is 0 Å². The summed E-state index contributed by atoms with van der Waals surface area (Å²) in [6.07, 6.45) is 6.63. The first-order valence-corrected chi connectivity index (χ1v) is 7.50.